The molecule has 5 aliphatic rings. The Morgan fingerprint density at radius 2 is 1.65 bits per heavy atom. The highest BCUT2D eigenvalue weighted by Gasteiger charge is 2.68. The number of carbonyl (C=O) groups is 3. The Hall–Kier alpha value is -2.79. The monoisotopic (exact) mass is 668 g/mol. The zero-order chi connectivity index (χ0) is 35.2. The van der Waals surface area contributed by atoms with Crippen molar-refractivity contribution in [2.24, 2.45) is 23.2 Å². The van der Waals surface area contributed by atoms with Gasteiger partial charge in [-0.1, -0.05) is 26.0 Å². The first-order valence-corrected chi connectivity index (χ1v) is 17.8. The number of benzene rings is 1. The van der Waals surface area contributed by atoms with Crippen LogP contribution in [-0.4, -0.2) is 67.1 Å². The van der Waals surface area contributed by atoms with Gasteiger partial charge in [-0.05, 0) is 128 Å². The molecule has 2 amide bonds. The summed E-state index contributed by atoms with van der Waals surface area (Å²) >= 11 is 0. The molecule has 5 fully saturated rings. The van der Waals surface area contributed by atoms with Gasteiger partial charge in [-0.25, -0.2) is 9.59 Å². The number of hydrogen-bond acceptors (Lipinski definition) is 8. The molecule has 11 heteroatoms. The van der Waals surface area contributed by atoms with E-state index in [0.717, 1.165) is 44.1 Å². The zero-order valence-electron chi connectivity index (χ0n) is 30.7. The lowest BCUT2D eigenvalue weighted by molar-refractivity contribution is -0.199. The van der Waals surface area contributed by atoms with E-state index < -0.39 is 41.9 Å². The van der Waals surface area contributed by atoms with Gasteiger partial charge in [-0.15, -0.1) is 0 Å². The first-order valence-electron chi connectivity index (χ1n) is 17.8. The predicted octanol–water partition coefficient (Wildman–Crippen LogP) is 6.42. The topological polar surface area (TPSA) is 121 Å². The van der Waals surface area contributed by atoms with Crippen molar-refractivity contribution in [3.63, 3.8) is 0 Å². The summed E-state index contributed by atoms with van der Waals surface area (Å²) in [6.45, 7) is 17.9. The third kappa shape index (κ3) is 7.98. The summed E-state index contributed by atoms with van der Waals surface area (Å²) in [5, 5.41) is 6.27. The van der Waals surface area contributed by atoms with Crippen molar-refractivity contribution < 1.29 is 37.9 Å². The quantitative estimate of drug-likeness (QED) is 0.229. The van der Waals surface area contributed by atoms with Crippen molar-refractivity contribution in [1.29, 1.82) is 0 Å². The smallest absolute Gasteiger partial charge is 0.482 e. The normalized spacial score (nSPS) is 30.0. The van der Waals surface area contributed by atoms with Crippen molar-refractivity contribution in [3.8, 4) is 5.75 Å². The van der Waals surface area contributed by atoms with Crippen molar-refractivity contribution >= 4 is 25.1 Å². The number of ether oxygens (including phenoxy) is 3. The minimum atomic E-state index is -0.661. The lowest BCUT2D eigenvalue weighted by atomic mass is 9.43. The van der Waals surface area contributed by atoms with E-state index in [9.17, 15) is 14.4 Å². The number of para-hydroxylation sites is 1. The molecule has 2 bridgehead atoms. The summed E-state index contributed by atoms with van der Waals surface area (Å²) in [6, 6.07) is 5.46. The lowest BCUT2D eigenvalue weighted by Crippen LogP contribution is -2.65. The number of amides is 2. The molecule has 1 aromatic rings. The molecule has 4 unspecified atom stereocenters. The van der Waals surface area contributed by atoms with E-state index >= 15 is 0 Å². The molecule has 1 aliphatic heterocycles. The highest BCUT2D eigenvalue weighted by atomic mass is 16.7. The molecule has 2 N–H and O–H groups in total. The van der Waals surface area contributed by atoms with Crippen LogP contribution in [0.5, 0.6) is 5.75 Å². The SMILES string of the molecule is COc1c(C[C@H](NC(=O)CC2CCC(NC(=O)OC(C)(C)C)CC2)B2OC3CC4CC(C4(C)C)C3(C)O2)cccc1C(=O)OC(C)(C)C. The molecular weight excluding hydrogens is 611 g/mol. The summed E-state index contributed by atoms with van der Waals surface area (Å²) in [5.41, 5.74) is -0.362. The van der Waals surface area contributed by atoms with E-state index in [0.29, 0.717) is 36.0 Å². The Morgan fingerprint density at radius 3 is 2.25 bits per heavy atom. The molecule has 0 radical (unpaired) electrons. The number of esters is 1. The largest absolute Gasteiger partial charge is 0.496 e. The second kappa shape index (κ2) is 13.5. The number of methoxy groups -OCH3 is 1. The summed E-state index contributed by atoms with van der Waals surface area (Å²) in [5.74, 6) is 0.562. The maximum absolute atomic E-state index is 13.7. The maximum atomic E-state index is 13.7. The van der Waals surface area contributed by atoms with Crippen LogP contribution in [0.25, 0.3) is 0 Å². The summed E-state index contributed by atoms with van der Waals surface area (Å²) in [4.78, 5) is 39.1. The Labute approximate surface area is 287 Å². The van der Waals surface area contributed by atoms with Crippen LogP contribution in [0.1, 0.15) is 123 Å². The standard InChI is InChI=1S/C37H57BN2O8/c1-34(2,3)45-32(42)26-13-11-12-23(31(26)44-10)19-29(38-47-28-21-24-20-27(36(24,7)8)37(28,9)48-38)40-30(41)18-22-14-16-25(17-15-22)39-33(43)46-35(4,5)6/h11-13,22,24-25,27-29H,14-21H2,1-10H3,(H,39,43)(H,40,41)/t22?,24?,25?,27?,28?,29-,37?/m0/s1. The Balaban J connectivity index is 1.30. The van der Waals surface area contributed by atoms with E-state index in [-0.39, 0.29) is 29.4 Å². The Morgan fingerprint density at radius 1 is 0.979 bits per heavy atom. The molecule has 4 saturated carbocycles. The number of carbonyl (C=O) groups excluding carboxylic acids is 3. The van der Waals surface area contributed by atoms with Gasteiger partial charge >= 0.3 is 19.2 Å². The minimum absolute atomic E-state index is 0.0384. The minimum Gasteiger partial charge on any atom is -0.496 e. The van der Waals surface area contributed by atoms with E-state index in [4.69, 9.17) is 23.5 Å². The van der Waals surface area contributed by atoms with E-state index in [1.165, 1.54) is 0 Å². The Kier molecular flexibility index (Phi) is 10.3. The van der Waals surface area contributed by atoms with Crippen LogP contribution in [0.3, 0.4) is 0 Å². The zero-order valence-corrected chi connectivity index (χ0v) is 30.7. The molecule has 6 rings (SSSR count). The molecule has 0 spiro atoms. The number of alkyl carbamates (subject to hydrolysis) is 1. The predicted molar refractivity (Wildman–Crippen MR) is 184 cm³/mol. The molecule has 0 aromatic heterocycles. The third-order valence-electron chi connectivity index (χ3n) is 11.0. The molecule has 1 heterocycles. The second-order valence-electron chi connectivity index (χ2n) is 17.3. The maximum Gasteiger partial charge on any atom is 0.482 e. The van der Waals surface area contributed by atoms with Crippen molar-refractivity contribution in [2.45, 2.75) is 149 Å². The van der Waals surface area contributed by atoms with Crippen LogP contribution in [0.2, 0.25) is 0 Å². The molecule has 4 aliphatic carbocycles. The second-order valence-corrected chi connectivity index (χ2v) is 17.3. The van der Waals surface area contributed by atoms with Gasteiger partial charge in [0.1, 0.15) is 22.5 Å². The average Bonchev–Trinajstić information content (AvgIpc) is 3.33. The van der Waals surface area contributed by atoms with Crippen LogP contribution >= 0.6 is 0 Å². The van der Waals surface area contributed by atoms with Crippen LogP contribution < -0.4 is 15.4 Å². The fourth-order valence-electron chi connectivity index (χ4n) is 8.52. The van der Waals surface area contributed by atoms with Gasteiger partial charge in [-0.3, -0.25) is 4.79 Å². The van der Waals surface area contributed by atoms with E-state index in [1.54, 1.807) is 13.2 Å². The number of hydrogen-bond donors (Lipinski definition) is 2. The lowest BCUT2D eigenvalue weighted by Gasteiger charge is -2.64. The highest BCUT2D eigenvalue weighted by molar-refractivity contribution is 6.48. The molecular formula is C37H57BN2O8. The van der Waals surface area contributed by atoms with E-state index in [1.807, 2.05) is 53.7 Å². The van der Waals surface area contributed by atoms with E-state index in [2.05, 4.69) is 31.4 Å². The fourth-order valence-corrected chi connectivity index (χ4v) is 8.52. The van der Waals surface area contributed by atoms with Crippen LogP contribution in [0.4, 0.5) is 4.79 Å². The summed E-state index contributed by atoms with van der Waals surface area (Å²) in [7, 11) is 0.893. The van der Waals surface area contributed by atoms with Crippen molar-refractivity contribution in [1.82, 2.24) is 10.6 Å². The van der Waals surface area contributed by atoms with Crippen LogP contribution in [-0.2, 0) is 30.0 Å². The Bertz CT molecular complexity index is 1360. The number of rotatable bonds is 9. The van der Waals surface area contributed by atoms with Gasteiger partial charge in [0.05, 0.1) is 24.8 Å². The van der Waals surface area contributed by atoms with Crippen molar-refractivity contribution in [2.75, 3.05) is 7.11 Å². The first kappa shape index (κ1) is 36.5. The van der Waals surface area contributed by atoms with Crippen LogP contribution in [0, 0.1) is 23.2 Å². The molecule has 48 heavy (non-hydrogen) atoms. The number of nitrogens with one attached hydrogen (secondary N) is 2. The summed E-state index contributed by atoms with van der Waals surface area (Å²) < 4.78 is 30.4. The molecule has 1 saturated heterocycles. The van der Waals surface area contributed by atoms with Gasteiger partial charge in [0, 0.05) is 12.5 Å². The molecule has 266 valence electrons. The average molecular weight is 669 g/mol. The highest BCUT2D eigenvalue weighted by Crippen LogP contribution is 2.65. The van der Waals surface area contributed by atoms with Crippen LogP contribution in [0.15, 0.2) is 18.2 Å². The van der Waals surface area contributed by atoms with Gasteiger partial charge < -0.3 is 34.2 Å². The van der Waals surface area contributed by atoms with Crippen molar-refractivity contribution in [3.05, 3.63) is 29.3 Å². The molecule has 5 atom stereocenters. The fraction of sp³-hybridized carbons (Fsp3) is 0.757. The van der Waals surface area contributed by atoms with Gasteiger partial charge in [0.15, 0.2) is 0 Å². The molecule has 10 nitrogen and oxygen atoms in total. The van der Waals surface area contributed by atoms with Gasteiger partial charge in [0.25, 0.3) is 0 Å². The molecule has 1 aromatic carbocycles. The van der Waals surface area contributed by atoms with Gasteiger partial charge in [-0.2, -0.15) is 0 Å². The summed E-state index contributed by atoms with van der Waals surface area (Å²) in [6.07, 6.45) is 5.60. The third-order valence-corrected chi connectivity index (χ3v) is 11.0. The van der Waals surface area contributed by atoms with Gasteiger partial charge in [0.2, 0.25) is 5.91 Å². The first-order chi connectivity index (χ1) is 22.3.